The SMILES string of the molecule is CC(=O)CC1CSCC1=O. The molecule has 1 saturated heterocycles. The molecule has 0 radical (unpaired) electrons. The van der Waals surface area contributed by atoms with Crippen LogP contribution in [0.25, 0.3) is 0 Å². The maximum absolute atomic E-state index is 10.9. The molecule has 1 heterocycles. The Labute approximate surface area is 64.4 Å². The highest BCUT2D eigenvalue weighted by molar-refractivity contribution is 8.00. The molecular formula is C7H10O2S. The Bertz CT molecular complexity index is 165. The van der Waals surface area contributed by atoms with Crippen LogP contribution in [0.1, 0.15) is 13.3 Å². The van der Waals surface area contributed by atoms with E-state index in [0.29, 0.717) is 12.2 Å². The van der Waals surface area contributed by atoms with Crippen LogP contribution in [-0.2, 0) is 9.59 Å². The summed E-state index contributed by atoms with van der Waals surface area (Å²) in [4.78, 5) is 21.5. The predicted molar refractivity (Wildman–Crippen MR) is 41.1 cm³/mol. The molecule has 0 aliphatic carbocycles. The summed E-state index contributed by atoms with van der Waals surface area (Å²) in [6.45, 7) is 1.54. The van der Waals surface area contributed by atoms with E-state index in [1.165, 1.54) is 6.92 Å². The van der Waals surface area contributed by atoms with Gasteiger partial charge in [-0.25, -0.2) is 0 Å². The maximum Gasteiger partial charge on any atom is 0.147 e. The molecule has 0 saturated carbocycles. The lowest BCUT2D eigenvalue weighted by molar-refractivity contribution is -0.124. The number of rotatable bonds is 2. The van der Waals surface area contributed by atoms with Crippen molar-refractivity contribution in [3.63, 3.8) is 0 Å². The van der Waals surface area contributed by atoms with Crippen molar-refractivity contribution < 1.29 is 9.59 Å². The summed E-state index contributed by atoms with van der Waals surface area (Å²) in [7, 11) is 0. The lowest BCUT2D eigenvalue weighted by Crippen LogP contribution is -2.14. The number of hydrogen-bond donors (Lipinski definition) is 0. The minimum Gasteiger partial charge on any atom is -0.300 e. The van der Waals surface area contributed by atoms with Crippen LogP contribution in [0.4, 0.5) is 0 Å². The zero-order valence-electron chi connectivity index (χ0n) is 5.92. The third-order valence-corrected chi connectivity index (χ3v) is 2.68. The van der Waals surface area contributed by atoms with E-state index in [4.69, 9.17) is 0 Å². The minimum atomic E-state index is 0.0301. The molecule has 1 aliphatic heterocycles. The van der Waals surface area contributed by atoms with Crippen LogP contribution in [0, 0.1) is 5.92 Å². The van der Waals surface area contributed by atoms with E-state index >= 15 is 0 Å². The summed E-state index contributed by atoms with van der Waals surface area (Å²) in [6, 6.07) is 0. The molecule has 1 atom stereocenters. The summed E-state index contributed by atoms with van der Waals surface area (Å²) >= 11 is 1.63. The fourth-order valence-electron chi connectivity index (χ4n) is 1.03. The van der Waals surface area contributed by atoms with Crippen molar-refractivity contribution in [3.05, 3.63) is 0 Å². The maximum atomic E-state index is 10.9. The molecule has 0 aromatic heterocycles. The summed E-state index contributed by atoms with van der Waals surface area (Å²) < 4.78 is 0. The van der Waals surface area contributed by atoms with Gasteiger partial charge in [-0.1, -0.05) is 0 Å². The smallest absolute Gasteiger partial charge is 0.147 e. The number of thioether (sulfide) groups is 1. The van der Waals surface area contributed by atoms with Gasteiger partial charge in [-0.05, 0) is 6.92 Å². The Hall–Kier alpha value is -0.310. The highest BCUT2D eigenvalue weighted by Crippen LogP contribution is 2.22. The van der Waals surface area contributed by atoms with Crippen molar-refractivity contribution in [3.8, 4) is 0 Å². The Balaban J connectivity index is 2.40. The quantitative estimate of drug-likeness (QED) is 0.598. The van der Waals surface area contributed by atoms with Gasteiger partial charge in [-0.15, -0.1) is 0 Å². The van der Waals surface area contributed by atoms with Crippen LogP contribution >= 0.6 is 11.8 Å². The molecule has 2 nitrogen and oxygen atoms in total. The fourth-order valence-corrected chi connectivity index (χ4v) is 2.18. The lowest BCUT2D eigenvalue weighted by Gasteiger charge is -2.00. The molecule has 0 aromatic carbocycles. The van der Waals surface area contributed by atoms with E-state index in [2.05, 4.69) is 0 Å². The summed E-state index contributed by atoms with van der Waals surface area (Å²) in [6.07, 6.45) is 0.450. The van der Waals surface area contributed by atoms with E-state index in [1.54, 1.807) is 11.8 Å². The predicted octanol–water partition coefficient (Wildman–Crippen LogP) is 0.898. The van der Waals surface area contributed by atoms with Crippen molar-refractivity contribution >= 4 is 23.3 Å². The monoisotopic (exact) mass is 158 g/mol. The van der Waals surface area contributed by atoms with E-state index in [9.17, 15) is 9.59 Å². The van der Waals surface area contributed by atoms with Crippen molar-refractivity contribution in [2.75, 3.05) is 11.5 Å². The van der Waals surface area contributed by atoms with Gasteiger partial charge in [0.1, 0.15) is 11.6 Å². The number of ketones is 2. The topological polar surface area (TPSA) is 34.1 Å². The fraction of sp³-hybridized carbons (Fsp3) is 0.714. The van der Waals surface area contributed by atoms with E-state index in [-0.39, 0.29) is 17.5 Å². The normalized spacial score (nSPS) is 25.3. The number of carbonyl (C=O) groups excluding carboxylic acids is 2. The molecule has 0 N–H and O–H groups in total. The number of hydrogen-bond acceptors (Lipinski definition) is 3. The van der Waals surface area contributed by atoms with Gasteiger partial charge in [0.2, 0.25) is 0 Å². The van der Waals surface area contributed by atoms with Gasteiger partial charge in [0, 0.05) is 18.1 Å². The Morgan fingerprint density at radius 3 is 2.90 bits per heavy atom. The molecule has 56 valence electrons. The van der Waals surface area contributed by atoms with Crippen LogP contribution in [0.3, 0.4) is 0 Å². The Morgan fingerprint density at radius 1 is 1.80 bits per heavy atom. The number of Topliss-reactive ketones (excluding diaryl/α,β-unsaturated/α-hetero) is 2. The first kappa shape index (κ1) is 7.79. The van der Waals surface area contributed by atoms with Crippen molar-refractivity contribution in [2.24, 2.45) is 5.92 Å². The molecule has 1 rings (SSSR count). The van der Waals surface area contributed by atoms with Crippen LogP contribution in [-0.4, -0.2) is 23.1 Å². The first-order chi connectivity index (χ1) is 4.70. The average molecular weight is 158 g/mol. The average Bonchev–Trinajstić information content (AvgIpc) is 2.15. The second-order valence-corrected chi connectivity index (χ2v) is 3.61. The van der Waals surface area contributed by atoms with Crippen LogP contribution in [0.5, 0.6) is 0 Å². The summed E-state index contributed by atoms with van der Waals surface area (Å²) in [5, 5.41) is 0. The van der Waals surface area contributed by atoms with Crippen LogP contribution < -0.4 is 0 Å². The zero-order valence-corrected chi connectivity index (χ0v) is 6.74. The standard InChI is InChI=1S/C7H10O2S/c1-5(8)2-6-3-10-4-7(6)9/h6H,2-4H2,1H3. The van der Waals surface area contributed by atoms with Gasteiger partial charge in [0.25, 0.3) is 0 Å². The molecule has 3 heteroatoms. The third kappa shape index (κ3) is 1.84. The zero-order chi connectivity index (χ0) is 7.56. The Morgan fingerprint density at radius 2 is 2.50 bits per heavy atom. The van der Waals surface area contributed by atoms with Gasteiger partial charge in [-0.3, -0.25) is 4.79 Å². The van der Waals surface area contributed by atoms with Crippen molar-refractivity contribution in [2.45, 2.75) is 13.3 Å². The van der Waals surface area contributed by atoms with Crippen molar-refractivity contribution in [1.82, 2.24) is 0 Å². The molecule has 0 aromatic rings. The van der Waals surface area contributed by atoms with Gasteiger partial charge < -0.3 is 4.79 Å². The van der Waals surface area contributed by atoms with Crippen molar-refractivity contribution in [1.29, 1.82) is 0 Å². The summed E-state index contributed by atoms with van der Waals surface area (Å²) in [5.74, 6) is 1.86. The summed E-state index contributed by atoms with van der Waals surface area (Å²) in [5.41, 5.74) is 0. The second kappa shape index (κ2) is 3.19. The highest BCUT2D eigenvalue weighted by Gasteiger charge is 2.25. The third-order valence-electron chi connectivity index (χ3n) is 1.55. The van der Waals surface area contributed by atoms with Crippen LogP contribution in [0.2, 0.25) is 0 Å². The van der Waals surface area contributed by atoms with Crippen LogP contribution in [0.15, 0.2) is 0 Å². The Kier molecular flexibility index (Phi) is 2.49. The first-order valence-electron chi connectivity index (χ1n) is 3.30. The lowest BCUT2D eigenvalue weighted by atomic mass is 10.0. The molecular weight excluding hydrogens is 148 g/mol. The van der Waals surface area contributed by atoms with E-state index < -0.39 is 0 Å². The minimum absolute atomic E-state index is 0.0301. The molecule has 0 amide bonds. The van der Waals surface area contributed by atoms with Gasteiger partial charge in [0.15, 0.2) is 0 Å². The molecule has 0 spiro atoms. The van der Waals surface area contributed by atoms with Gasteiger partial charge in [-0.2, -0.15) is 11.8 Å². The molecule has 10 heavy (non-hydrogen) atoms. The molecule has 1 aliphatic rings. The van der Waals surface area contributed by atoms with Gasteiger partial charge >= 0.3 is 0 Å². The van der Waals surface area contributed by atoms with E-state index in [0.717, 1.165) is 5.75 Å². The highest BCUT2D eigenvalue weighted by atomic mass is 32.2. The molecule has 0 bridgehead atoms. The van der Waals surface area contributed by atoms with Gasteiger partial charge in [0.05, 0.1) is 5.75 Å². The second-order valence-electron chi connectivity index (χ2n) is 2.58. The number of carbonyl (C=O) groups is 2. The molecule has 1 fully saturated rings. The molecule has 1 unspecified atom stereocenters. The largest absolute Gasteiger partial charge is 0.300 e. The van der Waals surface area contributed by atoms with E-state index in [1.807, 2.05) is 0 Å². The first-order valence-corrected chi connectivity index (χ1v) is 4.45.